The van der Waals surface area contributed by atoms with Gasteiger partial charge in [-0.15, -0.1) is 0 Å². The lowest BCUT2D eigenvalue weighted by molar-refractivity contribution is 0.110. The summed E-state index contributed by atoms with van der Waals surface area (Å²) in [4.78, 5) is 0. The minimum absolute atomic E-state index is 0.749. The molecule has 0 unspecified atom stereocenters. The molecule has 2 rings (SSSR count). The van der Waals surface area contributed by atoms with Gasteiger partial charge in [0, 0.05) is 0 Å². The van der Waals surface area contributed by atoms with Gasteiger partial charge in [0.25, 0.3) is 0 Å². The number of hydrogen-bond donors (Lipinski definition) is 0. The normalized spacial score (nSPS) is 15.4. The lowest BCUT2D eigenvalue weighted by atomic mass is 10.0. The van der Waals surface area contributed by atoms with Crippen LogP contribution in [0.2, 0.25) is 0 Å². The van der Waals surface area contributed by atoms with E-state index in [4.69, 9.17) is 9.47 Å². The third-order valence-corrected chi connectivity index (χ3v) is 2.19. The largest absolute Gasteiger partial charge is 0.497 e. The highest BCUT2D eigenvalue weighted by atomic mass is 16.5. The Bertz CT molecular complexity index is 281. The number of rotatable bonds is 1. The molecule has 1 aromatic carbocycles. The summed E-state index contributed by atoms with van der Waals surface area (Å²) in [6, 6.07) is 6.15. The van der Waals surface area contributed by atoms with Gasteiger partial charge in [0.15, 0.2) is 0 Å². The molecule has 0 saturated carbocycles. The number of ether oxygens (including phenoxy) is 2. The zero-order valence-corrected chi connectivity index (χ0v) is 7.17. The van der Waals surface area contributed by atoms with Gasteiger partial charge < -0.3 is 9.47 Å². The van der Waals surface area contributed by atoms with E-state index in [0.29, 0.717) is 0 Å². The van der Waals surface area contributed by atoms with Crippen LogP contribution in [0, 0.1) is 0 Å². The average molecular weight is 164 g/mol. The molecular formula is C10H12O2. The van der Waals surface area contributed by atoms with E-state index in [1.807, 2.05) is 6.07 Å². The van der Waals surface area contributed by atoms with Crippen molar-refractivity contribution in [3.8, 4) is 5.75 Å². The molecule has 0 aromatic heterocycles. The van der Waals surface area contributed by atoms with Crippen LogP contribution < -0.4 is 4.74 Å². The molecule has 64 valence electrons. The summed E-state index contributed by atoms with van der Waals surface area (Å²) < 4.78 is 10.5. The zero-order chi connectivity index (χ0) is 8.39. The van der Waals surface area contributed by atoms with E-state index in [9.17, 15) is 0 Å². The maximum absolute atomic E-state index is 5.33. The first-order valence-electron chi connectivity index (χ1n) is 4.13. The van der Waals surface area contributed by atoms with Gasteiger partial charge in [-0.3, -0.25) is 0 Å². The van der Waals surface area contributed by atoms with Gasteiger partial charge in [0.2, 0.25) is 0 Å². The number of methoxy groups -OCH3 is 1. The number of benzene rings is 1. The van der Waals surface area contributed by atoms with Crippen molar-refractivity contribution in [3.63, 3.8) is 0 Å². The van der Waals surface area contributed by atoms with Crippen LogP contribution in [0.1, 0.15) is 11.1 Å². The van der Waals surface area contributed by atoms with Crippen molar-refractivity contribution < 1.29 is 9.47 Å². The Morgan fingerprint density at radius 3 is 3.08 bits per heavy atom. The highest BCUT2D eigenvalue weighted by molar-refractivity contribution is 5.36. The molecule has 2 nitrogen and oxygen atoms in total. The van der Waals surface area contributed by atoms with Crippen molar-refractivity contribution in [3.05, 3.63) is 29.3 Å². The number of hydrogen-bond acceptors (Lipinski definition) is 2. The molecule has 1 heterocycles. The first-order chi connectivity index (χ1) is 5.90. The van der Waals surface area contributed by atoms with Crippen LogP contribution >= 0.6 is 0 Å². The van der Waals surface area contributed by atoms with Crippen molar-refractivity contribution in [1.29, 1.82) is 0 Å². The molecule has 1 aliphatic heterocycles. The van der Waals surface area contributed by atoms with E-state index in [1.165, 1.54) is 11.1 Å². The zero-order valence-electron chi connectivity index (χ0n) is 7.17. The fourth-order valence-corrected chi connectivity index (χ4v) is 1.47. The van der Waals surface area contributed by atoms with Gasteiger partial charge in [-0.25, -0.2) is 0 Å². The Labute approximate surface area is 72.1 Å². The van der Waals surface area contributed by atoms with E-state index in [0.717, 1.165) is 25.4 Å². The molecular weight excluding hydrogens is 152 g/mol. The highest BCUT2D eigenvalue weighted by Gasteiger charge is 2.09. The van der Waals surface area contributed by atoms with Gasteiger partial charge in [0.05, 0.1) is 20.3 Å². The van der Waals surface area contributed by atoms with E-state index in [2.05, 4.69) is 12.1 Å². The molecule has 0 bridgehead atoms. The van der Waals surface area contributed by atoms with Crippen LogP contribution in [0.3, 0.4) is 0 Å². The molecule has 0 radical (unpaired) electrons. The Balaban J connectivity index is 2.36. The average Bonchev–Trinajstić information content (AvgIpc) is 2.17. The van der Waals surface area contributed by atoms with Crippen molar-refractivity contribution in [1.82, 2.24) is 0 Å². The maximum atomic E-state index is 5.33. The summed E-state index contributed by atoms with van der Waals surface area (Å²) in [6.07, 6.45) is 1.01. The minimum Gasteiger partial charge on any atom is -0.497 e. The van der Waals surface area contributed by atoms with Gasteiger partial charge >= 0.3 is 0 Å². The van der Waals surface area contributed by atoms with Crippen LogP contribution in [0.5, 0.6) is 5.75 Å². The summed E-state index contributed by atoms with van der Waals surface area (Å²) in [5.74, 6) is 0.940. The summed E-state index contributed by atoms with van der Waals surface area (Å²) in [6.45, 7) is 1.58. The van der Waals surface area contributed by atoms with E-state index >= 15 is 0 Å². The lowest BCUT2D eigenvalue weighted by Crippen LogP contribution is -2.09. The van der Waals surface area contributed by atoms with E-state index < -0.39 is 0 Å². The quantitative estimate of drug-likeness (QED) is 0.629. The SMILES string of the molecule is COc1ccc2c(c1)CCOC2. The predicted octanol–water partition coefficient (Wildman–Crippen LogP) is 1.77. The summed E-state index contributed by atoms with van der Waals surface area (Å²) in [7, 11) is 1.70. The molecule has 1 aromatic rings. The Morgan fingerprint density at radius 2 is 2.25 bits per heavy atom. The van der Waals surface area contributed by atoms with Gasteiger partial charge in [-0.05, 0) is 29.7 Å². The molecule has 0 spiro atoms. The third kappa shape index (κ3) is 1.30. The topological polar surface area (TPSA) is 18.5 Å². The molecule has 0 atom stereocenters. The van der Waals surface area contributed by atoms with Crippen molar-refractivity contribution in [2.75, 3.05) is 13.7 Å². The highest BCUT2D eigenvalue weighted by Crippen LogP contribution is 2.21. The standard InChI is InChI=1S/C10H12O2/c1-11-10-3-2-9-7-12-5-4-8(9)6-10/h2-3,6H,4-5,7H2,1H3. The molecule has 12 heavy (non-hydrogen) atoms. The third-order valence-electron chi connectivity index (χ3n) is 2.19. The fourth-order valence-electron chi connectivity index (χ4n) is 1.47. The molecule has 0 fully saturated rings. The van der Waals surface area contributed by atoms with Crippen LogP contribution in [-0.2, 0) is 17.8 Å². The second-order valence-electron chi connectivity index (χ2n) is 2.94. The van der Waals surface area contributed by atoms with Crippen LogP contribution in [-0.4, -0.2) is 13.7 Å². The summed E-state index contributed by atoms with van der Waals surface area (Å²) >= 11 is 0. The Hall–Kier alpha value is -1.02. The lowest BCUT2D eigenvalue weighted by Gasteiger charge is -2.16. The molecule has 0 amide bonds. The molecule has 0 N–H and O–H groups in total. The molecule has 0 aliphatic carbocycles. The first kappa shape index (κ1) is 7.62. The molecule has 0 saturated heterocycles. The second-order valence-corrected chi connectivity index (χ2v) is 2.94. The first-order valence-corrected chi connectivity index (χ1v) is 4.13. The number of fused-ring (bicyclic) bond motifs is 1. The Kier molecular flexibility index (Phi) is 2.00. The predicted molar refractivity (Wildman–Crippen MR) is 46.4 cm³/mol. The van der Waals surface area contributed by atoms with Crippen molar-refractivity contribution in [2.45, 2.75) is 13.0 Å². The monoisotopic (exact) mass is 164 g/mol. The smallest absolute Gasteiger partial charge is 0.119 e. The summed E-state index contributed by atoms with van der Waals surface area (Å²) in [5, 5.41) is 0. The fraction of sp³-hybridized carbons (Fsp3) is 0.400. The molecule has 1 aliphatic rings. The van der Waals surface area contributed by atoms with Crippen LogP contribution in [0.4, 0.5) is 0 Å². The second kappa shape index (κ2) is 3.15. The summed E-state index contributed by atoms with van der Waals surface area (Å²) in [5.41, 5.74) is 2.66. The van der Waals surface area contributed by atoms with Crippen LogP contribution in [0.15, 0.2) is 18.2 Å². The molecule has 2 heteroatoms. The van der Waals surface area contributed by atoms with E-state index in [1.54, 1.807) is 7.11 Å². The Morgan fingerprint density at radius 1 is 1.33 bits per heavy atom. The van der Waals surface area contributed by atoms with Crippen molar-refractivity contribution >= 4 is 0 Å². The van der Waals surface area contributed by atoms with Crippen LogP contribution in [0.25, 0.3) is 0 Å². The van der Waals surface area contributed by atoms with Gasteiger partial charge in [0.1, 0.15) is 5.75 Å². The maximum Gasteiger partial charge on any atom is 0.119 e. The minimum atomic E-state index is 0.749. The van der Waals surface area contributed by atoms with E-state index in [-0.39, 0.29) is 0 Å². The van der Waals surface area contributed by atoms with Gasteiger partial charge in [-0.1, -0.05) is 6.07 Å². The van der Waals surface area contributed by atoms with Gasteiger partial charge in [-0.2, -0.15) is 0 Å². The van der Waals surface area contributed by atoms with Crippen molar-refractivity contribution in [2.24, 2.45) is 0 Å².